The van der Waals surface area contributed by atoms with Crippen LogP contribution in [0.5, 0.6) is 0 Å². The van der Waals surface area contributed by atoms with Crippen LogP contribution in [0, 0.1) is 0 Å². The monoisotopic (exact) mass is 309 g/mol. The van der Waals surface area contributed by atoms with Crippen molar-refractivity contribution in [3.8, 4) is 0 Å². The molecular formula is C17H35N5. The van der Waals surface area contributed by atoms with Gasteiger partial charge in [-0.05, 0) is 46.3 Å². The number of hydrogen-bond donors (Lipinski definition) is 1. The number of allylic oxidation sites excluding steroid dienone is 1. The zero-order chi connectivity index (χ0) is 16.2. The molecular weight excluding hydrogens is 274 g/mol. The Hall–Kier alpha value is -1.07. The lowest BCUT2D eigenvalue weighted by Gasteiger charge is -2.23. The zero-order valence-electron chi connectivity index (χ0n) is 14.9. The van der Waals surface area contributed by atoms with Gasteiger partial charge in [-0.1, -0.05) is 6.08 Å². The standard InChI is InChI=1S/C17H35N5/c1-5-7-8-12-21(4)17(18-6-2)19-10-14-22-13-9-11-20(3)15-16-22/h5H,1,6-16H2,2-4H3,(H,18,19). The number of likely N-dealkylation sites (N-methyl/N-ethyl adjacent to an activating group) is 1. The highest BCUT2D eigenvalue weighted by atomic mass is 15.3. The molecule has 1 N–H and O–H groups in total. The topological polar surface area (TPSA) is 34.1 Å². The van der Waals surface area contributed by atoms with Crippen LogP contribution < -0.4 is 5.32 Å². The van der Waals surface area contributed by atoms with Crippen molar-refractivity contribution < 1.29 is 0 Å². The van der Waals surface area contributed by atoms with Gasteiger partial charge in [0.2, 0.25) is 0 Å². The van der Waals surface area contributed by atoms with Crippen molar-refractivity contribution in [1.82, 2.24) is 20.0 Å². The largest absolute Gasteiger partial charge is 0.357 e. The first-order chi connectivity index (χ1) is 10.7. The van der Waals surface area contributed by atoms with Crippen molar-refractivity contribution >= 4 is 5.96 Å². The van der Waals surface area contributed by atoms with Crippen LogP contribution in [0.25, 0.3) is 0 Å². The molecule has 1 fully saturated rings. The summed E-state index contributed by atoms with van der Waals surface area (Å²) in [4.78, 5) is 12.0. The minimum absolute atomic E-state index is 0.873. The molecule has 0 atom stereocenters. The van der Waals surface area contributed by atoms with E-state index in [0.29, 0.717) is 0 Å². The molecule has 0 amide bonds. The molecule has 5 heteroatoms. The molecule has 1 aliphatic heterocycles. The van der Waals surface area contributed by atoms with Crippen molar-refractivity contribution in [2.24, 2.45) is 4.99 Å². The predicted octanol–water partition coefficient (Wildman–Crippen LogP) is 1.49. The number of unbranched alkanes of at least 4 members (excludes halogenated alkanes) is 1. The molecule has 1 heterocycles. The summed E-state index contributed by atoms with van der Waals surface area (Å²) in [5.41, 5.74) is 0. The maximum Gasteiger partial charge on any atom is 0.193 e. The average molecular weight is 310 g/mol. The highest BCUT2D eigenvalue weighted by molar-refractivity contribution is 5.79. The van der Waals surface area contributed by atoms with E-state index in [-0.39, 0.29) is 0 Å². The van der Waals surface area contributed by atoms with E-state index in [1.807, 2.05) is 6.08 Å². The van der Waals surface area contributed by atoms with Gasteiger partial charge in [0.15, 0.2) is 5.96 Å². The van der Waals surface area contributed by atoms with Crippen molar-refractivity contribution in [1.29, 1.82) is 0 Å². The van der Waals surface area contributed by atoms with E-state index in [9.17, 15) is 0 Å². The number of nitrogens with one attached hydrogen (secondary N) is 1. The van der Waals surface area contributed by atoms with E-state index in [4.69, 9.17) is 4.99 Å². The smallest absolute Gasteiger partial charge is 0.193 e. The van der Waals surface area contributed by atoms with Crippen LogP contribution in [0.15, 0.2) is 17.6 Å². The summed E-state index contributed by atoms with van der Waals surface area (Å²) in [6, 6.07) is 0. The fourth-order valence-electron chi connectivity index (χ4n) is 2.67. The molecule has 0 aromatic heterocycles. The molecule has 22 heavy (non-hydrogen) atoms. The Balaban J connectivity index is 2.38. The van der Waals surface area contributed by atoms with E-state index in [0.717, 1.165) is 51.5 Å². The first-order valence-corrected chi connectivity index (χ1v) is 8.68. The van der Waals surface area contributed by atoms with Gasteiger partial charge < -0.3 is 20.0 Å². The Bertz CT molecular complexity index is 329. The highest BCUT2D eigenvalue weighted by Gasteiger charge is 2.11. The summed E-state index contributed by atoms with van der Waals surface area (Å²) < 4.78 is 0. The number of hydrogen-bond acceptors (Lipinski definition) is 3. The third-order valence-corrected chi connectivity index (χ3v) is 4.09. The second-order valence-electron chi connectivity index (χ2n) is 6.09. The third-order valence-electron chi connectivity index (χ3n) is 4.09. The van der Waals surface area contributed by atoms with Gasteiger partial charge >= 0.3 is 0 Å². The number of guanidine groups is 1. The second kappa shape index (κ2) is 11.5. The van der Waals surface area contributed by atoms with Gasteiger partial charge in [-0.25, -0.2) is 0 Å². The lowest BCUT2D eigenvalue weighted by molar-refractivity contribution is 0.283. The second-order valence-corrected chi connectivity index (χ2v) is 6.09. The molecule has 0 unspecified atom stereocenters. The highest BCUT2D eigenvalue weighted by Crippen LogP contribution is 2.01. The van der Waals surface area contributed by atoms with Crippen LogP contribution in [0.1, 0.15) is 26.2 Å². The van der Waals surface area contributed by atoms with Gasteiger partial charge in [-0.3, -0.25) is 4.99 Å². The third kappa shape index (κ3) is 7.80. The molecule has 5 nitrogen and oxygen atoms in total. The van der Waals surface area contributed by atoms with Crippen molar-refractivity contribution in [3.05, 3.63) is 12.7 Å². The summed E-state index contributed by atoms with van der Waals surface area (Å²) in [6.45, 7) is 14.5. The summed E-state index contributed by atoms with van der Waals surface area (Å²) in [5.74, 6) is 1.03. The zero-order valence-corrected chi connectivity index (χ0v) is 14.9. The van der Waals surface area contributed by atoms with Gasteiger partial charge in [0.1, 0.15) is 0 Å². The van der Waals surface area contributed by atoms with Crippen molar-refractivity contribution in [2.45, 2.75) is 26.2 Å². The van der Waals surface area contributed by atoms with Crippen LogP contribution in [0.4, 0.5) is 0 Å². The van der Waals surface area contributed by atoms with Crippen molar-refractivity contribution in [3.63, 3.8) is 0 Å². The molecule has 0 spiro atoms. The molecule has 1 aliphatic rings. The molecule has 0 saturated carbocycles. The van der Waals surface area contributed by atoms with Crippen LogP contribution in [-0.2, 0) is 0 Å². The summed E-state index contributed by atoms with van der Waals surface area (Å²) in [6.07, 6.45) is 5.43. The number of rotatable bonds is 8. The molecule has 0 aromatic rings. The maximum absolute atomic E-state index is 4.79. The Morgan fingerprint density at radius 1 is 1.32 bits per heavy atom. The fraction of sp³-hybridized carbons (Fsp3) is 0.824. The molecule has 128 valence electrons. The van der Waals surface area contributed by atoms with Gasteiger partial charge in [-0.2, -0.15) is 0 Å². The summed E-state index contributed by atoms with van der Waals surface area (Å²) in [7, 11) is 4.33. The first-order valence-electron chi connectivity index (χ1n) is 8.68. The SMILES string of the molecule is C=CCCCN(C)C(=NCCN1CCCN(C)CC1)NCC. The minimum Gasteiger partial charge on any atom is -0.357 e. The Kier molecular flexibility index (Phi) is 9.91. The lowest BCUT2D eigenvalue weighted by Crippen LogP contribution is -2.40. The van der Waals surface area contributed by atoms with Crippen LogP contribution in [0.3, 0.4) is 0 Å². The molecule has 1 rings (SSSR count). The van der Waals surface area contributed by atoms with Crippen LogP contribution in [0.2, 0.25) is 0 Å². The summed E-state index contributed by atoms with van der Waals surface area (Å²) >= 11 is 0. The molecule has 0 radical (unpaired) electrons. The van der Waals surface area contributed by atoms with Gasteiger partial charge in [-0.15, -0.1) is 6.58 Å². The van der Waals surface area contributed by atoms with E-state index in [1.54, 1.807) is 0 Å². The average Bonchev–Trinajstić information content (AvgIpc) is 2.71. The lowest BCUT2D eigenvalue weighted by atomic mass is 10.3. The Morgan fingerprint density at radius 2 is 2.14 bits per heavy atom. The Morgan fingerprint density at radius 3 is 2.86 bits per heavy atom. The van der Waals surface area contributed by atoms with E-state index in [1.165, 1.54) is 26.1 Å². The van der Waals surface area contributed by atoms with Crippen molar-refractivity contribution in [2.75, 3.05) is 66.5 Å². The molecule has 0 aromatic carbocycles. The quantitative estimate of drug-likeness (QED) is 0.319. The molecule has 1 saturated heterocycles. The minimum atomic E-state index is 0.873. The van der Waals surface area contributed by atoms with E-state index >= 15 is 0 Å². The number of nitrogens with zero attached hydrogens (tertiary/aromatic N) is 4. The van der Waals surface area contributed by atoms with E-state index in [2.05, 4.69) is 47.6 Å². The fourth-order valence-corrected chi connectivity index (χ4v) is 2.67. The molecule has 0 bridgehead atoms. The van der Waals surface area contributed by atoms with Crippen LogP contribution in [-0.4, -0.2) is 87.1 Å². The summed E-state index contributed by atoms with van der Waals surface area (Å²) in [5, 5.41) is 3.39. The van der Waals surface area contributed by atoms with Gasteiger partial charge in [0, 0.05) is 39.8 Å². The number of aliphatic imine (C=N–C) groups is 1. The first kappa shape index (κ1) is 19.0. The van der Waals surface area contributed by atoms with Gasteiger partial charge in [0.25, 0.3) is 0 Å². The normalized spacial score (nSPS) is 18.0. The van der Waals surface area contributed by atoms with Gasteiger partial charge in [0.05, 0.1) is 6.54 Å². The predicted molar refractivity (Wildman–Crippen MR) is 96.6 cm³/mol. The molecule has 0 aliphatic carbocycles. The van der Waals surface area contributed by atoms with E-state index < -0.39 is 0 Å². The van der Waals surface area contributed by atoms with Crippen LogP contribution >= 0.6 is 0 Å². The Labute approximate surface area is 137 Å². The maximum atomic E-state index is 4.79.